The molecule has 0 saturated heterocycles. The Morgan fingerprint density at radius 2 is 2.00 bits per heavy atom. The van der Waals surface area contributed by atoms with Crippen molar-refractivity contribution in [1.82, 2.24) is 10.6 Å². The molecule has 0 bridgehead atoms. The van der Waals surface area contributed by atoms with E-state index in [-0.39, 0.29) is 11.9 Å². The maximum Gasteiger partial charge on any atom is 0.313 e. The molecule has 0 aromatic carbocycles. The van der Waals surface area contributed by atoms with E-state index in [2.05, 4.69) is 15.4 Å². The lowest BCUT2D eigenvalue weighted by Crippen LogP contribution is -2.42. The molecule has 0 atom stereocenters. The molecule has 2 N–H and O–H groups in total. The third-order valence-corrected chi connectivity index (χ3v) is 2.88. The molecule has 0 spiro atoms. The van der Waals surface area contributed by atoms with Crippen LogP contribution < -0.4 is 10.6 Å². The van der Waals surface area contributed by atoms with Gasteiger partial charge in [0, 0.05) is 6.54 Å². The van der Waals surface area contributed by atoms with Crippen molar-refractivity contribution in [2.45, 2.75) is 26.7 Å². The van der Waals surface area contributed by atoms with Gasteiger partial charge in [-0.3, -0.25) is 9.59 Å². The first kappa shape index (κ1) is 14.0. The molecule has 0 aromatic heterocycles. The number of methoxy groups -OCH3 is 1. The first-order valence-corrected chi connectivity index (χ1v) is 6.01. The third kappa shape index (κ3) is 5.17. The first-order chi connectivity index (χ1) is 7.95. The highest BCUT2D eigenvalue weighted by Crippen LogP contribution is 2.27. The standard InChI is InChI=1S/C12H22N2O3/c1-12(2,11(16)17-3)8-14-10(15)7-13-6-9-4-5-9/h9,13H,4-8H2,1-3H3,(H,14,15). The summed E-state index contributed by atoms with van der Waals surface area (Å²) in [5.74, 6) is 0.362. The summed E-state index contributed by atoms with van der Waals surface area (Å²) in [5.41, 5.74) is -0.680. The van der Waals surface area contributed by atoms with Crippen molar-refractivity contribution in [2.24, 2.45) is 11.3 Å². The van der Waals surface area contributed by atoms with E-state index in [1.165, 1.54) is 20.0 Å². The van der Waals surface area contributed by atoms with Crippen LogP contribution in [-0.2, 0) is 14.3 Å². The summed E-state index contributed by atoms with van der Waals surface area (Å²) < 4.78 is 4.66. The monoisotopic (exact) mass is 242 g/mol. The molecule has 1 fully saturated rings. The molecule has 1 aliphatic carbocycles. The molecular weight excluding hydrogens is 220 g/mol. The van der Waals surface area contributed by atoms with Gasteiger partial charge in [0.2, 0.25) is 5.91 Å². The van der Waals surface area contributed by atoms with Crippen molar-refractivity contribution in [3.63, 3.8) is 0 Å². The van der Waals surface area contributed by atoms with Gasteiger partial charge < -0.3 is 15.4 Å². The van der Waals surface area contributed by atoms with Crippen molar-refractivity contribution in [2.75, 3.05) is 26.7 Å². The smallest absolute Gasteiger partial charge is 0.313 e. The second-order valence-corrected chi connectivity index (χ2v) is 5.23. The van der Waals surface area contributed by atoms with E-state index < -0.39 is 5.41 Å². The van der Waals surface area contributed by atoms with E-state index >= 15 is 0 Å². The quantitative estimate of drug-likeness (QED) is 0.630. The second-order valence-electron chi connectivity index (χ2n) is 5.23. The number of hydrogen-bond donors (Lipinski definition) is 2. The zero-order chi connectivity index (χ0) is 12.9. The molecule has 1 amide bonds. The van der Waals surface area contributed by atoms with Gasteiger partial charge in [0.1, 0.15) is 0 Å². The first-order valence-electron chi connectivity index (χ1n) is 6.01. The summed E-state index contributed by atoms with van der Waals surface area (Å²) in [6, 6.07) is 0. The van der Waals surface area contributed by atoms with Crippen LogP contribution >= 0.6 is 0 Å². The van der Waals surface area contributed by atoms with Crippen molar-refractivity contribution in [1.29, 1.82) is 0 Å². The Kier molecular flexibility index (Phi) is 4.93. The molecule has 0 unspecified atom stereocenters. The van der Waals surface area contributed by atoms with Crippen LogP contribution in [0.25, 0.3) is 0 Å². The highest BCUT2D eigenvalue weighted by molar-refractivity contribution is 5.80. The van der Waals surface area contributed by atoms with Crippen LogP contribution in [0.5, 0.6) is 0 Å². The number of carbonyl (C=O) groups is 2. The van der Waals surface area contributed by atoms with Gasteiger partial charge in [0.05, 0.1) is 19.1 Å². The van der Waals surface area contributed by atoms with Crippen LogP contribution in [0.2, 0.25) is 0 Å². The lowest BCUT2D eigenvalue weighted by molar-refractivity contribution is -0.150. The van der Waals surface area contributed by atoms with Crippen molar-refractivity contribution < 1.29 is 14.3 Å². The maximum absolute atomic E-state index is 11.5. The Hall–Kier alpha value is -1.10. The minimum atomic E-state index is -0.680. The number of nitrogens with one attached hydrogen (secondary N) is 2. The summed E-state index contributed by atoms with van der Waals surface area (Å²) in [6.07, 6.45) is 2.54. The van der Waals surface area contributed by atoms with Crippen LogP contribution in [0.3, 0.4) is 0 Å². The van der Waals surface area contributed by atoms with Crippen LogP contribution in [0.1, 0.15) is 26.7 Å². The zero-order valence-corrected chi connectivity index (χ0v) is 10.8. The lowest BCUT2D eigenvalue weighted by Gasteiger charge is -2.21. The number of rotatable bonds is 7. The Morgan fingerprint density at radius 1 is 1.35 bits per heavy atom. The Bertz CT molecular complexity index is 285. The number of amides is 1. The minimum Gasteiger partial charge on any atom is -0.469 e. The van der Waals surface area contributed by atoms with Crippen molar-refractivity contribution in [3.05, 3.63) is 0 Å². The largest absolute Gasteiger partial charge is 0.469 e. The zero-order valence-electron chi connectivity index (χ0n) is 10.8. The van der Waals surface area contributed by atoms with E-state index in [9.17, 15) is 9.59 Å². The molecule has 0 heterocycles. The van der Waals surface area contributed by atoms with Crippen LogP contribution in [0.15, 0.2) is 0 Å². The number of ether oxygens (including phenoxy) is 1. The van der Waals surface area contributed by atoms with Gasteiger partial charge in [-0.1, -0.05) is 0 Å². The van der Waals surface area contributed by atoms with Gasteiger partial charge in [-0.2, -0.15) is 0 Å². The van der Waals surface area contributed by atoms with E-state index in [4.69, 9.17) is 0 Å². The fraction of sp³-hybridized carbons (Fsp3) is 0.833. The second kappa shape index (κ2) is 6.00. The molecule has 98 valence electrons. The molecule has 0 radical (unpaired) electrons. The molecule has 5 heteroatoms. The fourth-order valence-electron chi connectivity index (χ4n) is 1.44. The van der Waals surface area contributed by atoms with Gasteiger partial charge in [0.25, 0.3) is 0 Å². The summed E-state index contributed by atoms with van der Waals surface area (Å²) in [5, 5.41) is 5.83. The van der Waals surface area contributed by atoms with Crippen molar-refractivity contribution in [3.8, 4) is 0 Å². The fourth-order valence-corrected chi connectivity index (χ4v) is 1.44. The van der Waals surface area contributed by atoms with Crippen LogP contribution in [-0.4, -0.2) is 38.6 Å². The molecule has 0 aliphatic heterocycles. The molecule has 17 heavy (non-hydrogen) atoms. The van der Waals surface area contributed by atoms with Gasteiger partial charge in [0.15, 0.2) is 0 Å². The Morgan fingerprint density at radius 3 is 2.53 bits per heavy atom. The number of esters is 1. The Balaban J connectivity index is 2.14. The van der Waals surface area contributed by atoms with E-state index in [0.717, 1.165) is 12.5 Å². The van der Waals surface area contributed by atoms with Gasteiger partial charge in [-0.15, -0.1) is 0 Å². The average Bonchev–Trinajstić information content (AvgIpc) is 3.09. The number of carbonyl (C=O) groups excluding carboxylic acids is 2. The lowest BCUT2D eigenvalue weighted by atomic mass is 9.94. The topological polar surface area (TPSA) is 67.4 Å². The predicted octanol–water partition coefficient (Wildman–Crippen LogP) is 0.301. The highest BCUT2D eigenvalue weighted by atomic mass is 16.5. The number of hydrogen-bond acceptors (Lipinski definition) is 4. The van der Waals surface area contributed by atoms with Gasteiger partial charge in [-0.25, -0.2) is 0 Å². The summed E-state index contributed by atoms with van der Waals surface area (Å²) in [7, 11) is 1.35. The molecule has 1 saturated carbocycles. The average molecular weight is 242 g/mol. The van der Waals surface area contributed by atoms with E-state index in [1.54, 1.807) is 13.8 Å². The Labute approximate surface area is 102 Å². The minimum absolute atomic E-state index is 0.0809. The molecule has 1 rings (SSSR count). The summed E-state index contributed by atoms with van der Waals surface area (Å²) in [6.45, 7) is 5.01. The van der Waals surface area contributed by atoms with Crippen LogP contribution in [0.4, 0.5) is 0 Å². The maximum atomic E-state index is 11.5. The molecule has 1 aliphatic rings. The highest BCUT2D eigenvalue weighted by Gasteiger charge is 2.29. The molecule has 0 aromatic rings. The van der Waals surface area contributed by atoms with Crippen LogP contribution in [0, 0.1) is 11.3 Å². The molecule has 5 nitrogen and oxygen atoms in total. The normalized spacial score (nSPS) is 15.5. The molecular formula is C12H22N2O3. The predicted molar refractivity (Wildman–Crippen MR) is 64.4 cm³/mol. The third-order valence-electron chi connectivity index (χ3n) is 2.88. The summed E-state index contributed by atoms with van der Waals surface area (Å²) >= 11 is 0. The van der Waals surface area contributed by atoms with Gasteiger partial charge in [-0.05, 0) is 39.2 Å². The van der Waals surface area contributed by atoms with E-state index in [0.29, 0.717) is 13.1 Å². The summed E-state index contributed by atoms with van der Waals surface area (Å²) in [4.78, 5) is 22.8. The van der Waals surface area contributed by atoms with Gasteiger partial charge >= 0.3 is 5.97 Å². The SMILES string of the molecule is COC(=O)C(C)(C)CNC(=O)CNCC1CC1. The van der Waals surface area contributed by atoms with E-state index in [1.807, 2.05) is 0 Å². The van der Waals surface area contributed by atoms with Crippen molar-refractivity contribution >= 4 is 11.9 Å².